The number of carbonyl (C=O) groups is 1. The van der Waals surface area contributed by atoms with Crippen LogP contribution in [0.4, 0.5) is 4.39 Å². The Morgan fingerprint density at radius 2 is 2.03 bits per heavy atom. The quantitative estimate of drug-likeness (QED) is 0.808. The minimum Gasteiger partial charge on any atom is -0.388 e. The first-order chi connectivity index (χ1) is 14.1. The fraction of sp³-hybridized carbons (Fsp3) is 0.542. The van der Waals surface area contributed by atoms with Gasteiger partial charge in [-0.1, -0.05) is 12.1 Å². The van der Waals surface area contributed by atoms with E-state index in [1.54, 1.807) is 12.1 Å². The minimum atomic E-state index is -0.561. The highest BCUT2D eigenvalue weighted by Gasteiger charge is 2.42. The van der Waals surface area contributed by atoms with Gasteiger partial charge in [0.25, 0.3) is 0 Å². The Morgan fingerprint density at radius 1 is 1.21 bits per heavy atom. The monoisotopic (exact) mass is 396 g/mol. The van der Waals surface area contributed by atoms with E-state index in [4.69, 9.17) is 0 Å². The summed E-state index contributed by atoms with van der Waals surface area (Å²) < 4.78 is 13.0. The summed E-state index contributed by atoms with van der Waals surface area (Å²) in [7, 11) is 0. The molecule has 5 heteroatoms. The third-order valence-corrected chi connectivity index (χ3v) is 7.22. The molecule has 0 spiro atoms. The second-order valence-corrected chi connectivity index (χ2v) is 9.02. The summed E-state index contributed by atoms with van der Waals surface area (Å²) in [5, 5.41) is 10.3. The summed E-state index contributed by atoms with van der Waals surface area (Å²) in [6.07, 6.45) is 6.36. The van der Waals surface area contributed by atoms with Gasteiger partial charge in [-0.25, -0.2) is 4.39 Å². The molecule has 4 nitrogen and oxygen atoms in total. The molecule has 0 unspecified atom stereocenters. The molecule has 5 rings (SSSR count). The van der Waals surface area contributed by atoms with Crippen LogP contribution in [-0.4, -0.2) is 40.4 Å². The van der Waals surface area contributed by atoms with Gasteiger partial charge in [0.2, 0.25) is 0 Å². The Kier molecular flexibility index (Phi) is 5.04. The number of Topliss-reactive ketones (excluding diaryl/α,β-unsaturated/α-hetero) is 1. The molecule has 3 aliphatic rings. The molecular formula is C24H29FN2O2. The van der Waals surface area contributed by atoms with Crippen LogP contribution in [0.2, 0.25) is 0 Å². The number of ketones is 1. The van der Waals surface area contributed by atoms with Crippen molar-refractivity contribution < 1.29 is 14.3 Å². The maximum absolute atomic E-state index is 13.3. The number of hydrogen-bond acceptors (Lipinski definition) is 3. The Hall–Kier alpha value is -1.98. The molecule has 154 valence electrons. The lowest BCUT2D eigenvalue weighted by Gasteiger charge is -2.40. The largest absolute Gasteiger partial charge is 0.388 e. The molecule has 1 aromatic heterocycles. The van der Waals surface area contributed by atoms with Crippen molar-refractivity contribution in [2.24, 2.45) is 11.8 Å². The standard InChI is InChI=1S/C24H29FN2O2/c25-17-8-6-15(7-9-17)22(28)5-2-11-27-12-10-16-13-21-23(24(29)19(16)14-27)18-3-1-4-20(18)26-21/h6-9,16,19,22,26,28H,1-5,10-14H2/t16-,19+,22+/m0/s1. The second-order valence-electron chi connectivity index (χ2n) is 9.02. The topological polar surface area (TPSA) is 56.3 Å². The number of H-pyrrole nitrogens is 1. The number of halogens is 1. The molecule has 2 aromatic rings. The molecule has 1 aliphatic heterocycles. The molecule has 1 fully saturated rings. The van der Waals surface area contributed by atoms with Crippen LogP contribution >= 0.6 is 0 Å². The molecule has 0 bridgehead atoms. The number of fused-ring (bicyclic) bond motifs is 4. The third kappa shape index (κ3) is 3.55. The average molecular weight is 397 g/mol. The number of benzene rings is 1. The van der Waals surface area contributed by atoms with Gasteiger partial charge in [0, 0.05) is 29.4 Å². The smallest absolute Gasteiger partial charge is 0.169 e. The van der Waals surface area contributed by atoms with E-state index in [-0.39, 0.29) is 11.7 Å². The van der Waals surface area contributed by atoms with Gasteiger partial charge < -0.3 is 15.0 Å². The molecule has 29 heavy (non-hydrogen) atoms. The first-order valence-corrected chi connectivity index (χ1v) is 11.0. The van der Waals surface area contributed by atoms with E-state index in [1.807, 2.05) is 0 Å². The normalized spacial score (nSPS) is 24.8. The van der Waals surface area contributed by atoms with Gasteiger partial charge in [0.05, 0.1) is 6.10 Å². The van der Waals surface area contributed by atoms with Crippen molar-refractivity contribution in [3.8, 4) is 0 Å². The van der Waals surface area contributed by atoms with E-state index in [0.29, 0.717) is 18.1 Å². The molecule has 3 atom stereocenters. The van der Waals surface area contributed by atoms with Crippen LogP contribution in [0.15, 0.2) is 24.3 Å². The summed E-state index contributed by atoms with van der Waals surface area (Å²) in [5.41, 5.74) is 5.63. The summed E-state index contributed by atoms with van der Waals surface area (Å²) in [4.78, 5) is 19.3. The number of likely N-dealkylation sites (tertiary alicyclic amines) is 1. The molecule has 1 aromatic carbocycles. The molecule has 0 saturated carbocycles. The van der Waals surface area contributed by atoms with Gasteiger partial charge in [0.1, 0.15) is 5.82 Å². The number of rotatable bonds is 5. The predicted molar refractivity (Wildman–Crippen MR) is 109 cm³/mol. The fourth-order valence-electron chi connectivity index (χ4n) is 5.65. The van der Waals surface area contributed by atoms with Crippen molar-refractivity contribution in [2.75, 3.05) is 19.6 Å². The number of aliphatic hydroxyl groups is 1. The van der Waals surface area contributed by atoms with Crippen LogP contribution in [0, 0.1) is 17.7 Å². The first kappa shape index (κ1) is 19.0. The van der Waals surface area contributed by atoms with Gasteiger partial charge in [-0.3, -0.25) is 4.79 Å². The lowest BCUT2D eigenvalue weighted by atomic mass is 9.72. The van der Waals surface area contributed by atoms with Crippen LogP contribution in [0.25, 0.3) is 0 Å². The first-order valence-electron chi connectivity index (χ1n) is 11.0. The maximum atomic E-state index is 13.3. The van der Waals surface area contributed by atoms with Gasteiger partial charge in [-0.2, -0.15) is 0 Å². The predicted octanol–water partition coefficient (Wildman–Crippen LogP) is 3.83. The molecule has 0 amide bonds. The zero-order valence-corrected chi connectivity index (χ0v) is 16.8. The van der Waals surface area contributed by atoms with Crippen LogP contribution in [0.1, 0.15) is 64.7 Å². The van der Waals surface area contributed by atoms with E-state index in [9.17, 15) is 14.3 Å². The second kappa shape index (κ2) is 7.69. The molecule has 2 N–H and O–H groups in total. The van der Waals surface area contributed by atoms with Crippen molar-refractivity contribution in [3.63, 3.8) is 0 Å². The van der Waals surface area contributed by atoms with Crippen molar-refractivity contribution in [2.45, 2.75) is 51.0 Å². The highest BCUT2D eigenvalue weighted by Crippen LogP contribution is 2.40. The number of nitrogens with zero attached hydrogens (tertiary/aromatic N) is 1. The summed E-state index contributed by atoms with van der Waals surface area (Å²) in [6.45, 7) is 2.76. The number of aliphatic hydroxyl groups excluding tert-OH is 1. The fourth-order valence-corrected chi connectivity index (χ4v) is 5.65. The zero-order chi connectivity index (χ0) is 20.0. The molecule has 1 saturated heterocycles. The lowest BCUT2D eigenvalue weighted by Crippen LogP contribution is -2.47. The van der Waals surface area contributed by atoms with E-state index < -0.39 is 6.10 Å². The number of carbonyl (C=O) groups excluding carboxylic acids is 1. The van der Waals surface area contributed by atoms with Gasteiger partial charge >= 0.3 is 0 Å². The number of piperidine rings is 1. The SMILES string of the molecule is O=C1c2c([nH]c3c2CCC3)C[C@@H]2CCN(CCC[C@@H](O)c3ccc(F)cc3)C[C@@H]12. The van der Waals surface area contributed by atoms with Gasteiger partial charge in [0.15, 0.2) is 5.78 Å². The zero-order valence-electron chi connectivity index (χ0n) is 16.8. The van der Waals surface area contributed by atoms with Crippen LogP contribution in [0.3, 0.4) is 0 Å². The minimum absolute atomic E-state index is 0.124. The number of hydrogen-bond donors (Lipinski definition) is 2. The Balaban J connectivity index is 1.18. The van der Waals surface area contributed by atoms with Crippen molar-refractivity contribution in [1.82, 2.24) is 9.88 Å². The molecule has 2 aliphatic carbocycles. The highest BCUT2D eigenvalue weighted by molar-refractivity contribution is 6.02. The van der Waals surface area contributed by atoms with E-state index >= 15 is 0 Å². The van der Waals surface area contributed by atoms with Gasteiger partial charge in [-0.05, 0) is 87.2 Å². The molecular weight excluding hydrogens is 367 g/mol. The van der Waals surface area contributed by atoms with Crippen LogP contribution in [0.5, 0.6) is 0 Å². The molecule has 0 radical (unpaired) electrons. The summed E-state index contributed by atoms with van der Waals surface area (Å²) in [6, 6.07) is 6.09. The van der Waals surface area contributed by atoms with Gasteiger partial charge in [-0.15, -0.1) is 0 Å². The Morgan fingerprint density at radius 3 is 2.86 bits per heavy atom. The number of aryl methyl sites for hydroxylation is 1. The average Bonchev–Trinajstić information content (AvgIpc) is 3.30. The van der Waals surface area contributed by atoms with Crippen molar-refractivity contribution in [3.05, 3.63) is 58.2 Å². The van der Waals surface area contributed by atoms with E-state index in [2.05, 4.69) is 9.88 Å². The van der Waals surface area contributed by atoms with Crippen LogP contribution in [-0.2, 0) is 19.3 Å². The van der Waals surface area contributed by atoms with E-state index in [1.165, 1.54) is 35.5 Å². The Bertz CT molecular complexity index is 904. The Labute approximate surface area is 171 Å². The molecule has 2 heterocycles. The number of aromatic amines is 1. The number of nitrogens with one attached hydrogen (secondary N) is 1. The summed E-state index contributed by atoms with van der Waals surface area (Å²) in [5.74, 6) is 0.678. The van der Waals surface area contributed by atoms with Crippen molar-refractivity contribution >= 4 is 5.78 Å². The van der Waals surface area contributed by atoms with Crippen LogP contribution < -0.4 is 0 Å². The van der Waals surface area contributed by atoms with Crippen molar-refractivity contribution in [1.29, 1.82) is 0 Å². The summed E-state index contributed by atoms with van der Waals surface area (Å²) >= 11 is 0. The van der Waals surface area contributed by atoms with E-state index in [0.717, 1.165) is 62.9 Å². The number of aromatic nitrogens is 1. The lowest BCUT2D eigenvalue weighted by molar-refractivity contribution is 0.0643. The third-order valence-electron chi connectivity index (χ3n) is 7.22. The maximum Gasteiger partial charge on any atom is 0.169 e. The highest BCUT2D eigenvalue weighted by atomic mass is 19.1.